The van der Waals surface area contributed by atoms with Crippen molar-refractivity contribution in [3.8, 4) is 11.4 Å². The van der Waals surface area contributed by atoms with Crippen LogP contribution in [0.25, 0.3) is 11.4 Å². The fourth-order valence-corrected chi connectivity index (χ4v) is 1.73. The zero-order valence-electron chi connectivity index (χ0n) is 9.49. The molecule has 0 spiro atoms. The molecule has 2 rings (SSSR count). The Morgan fingerprint density at radius 1 is 1.17 bits per heavy atom. The molecule has 0 unspecified atom stereocenters. The van der Waals surface area contributed by atoms with E-state index in [2.05, 4.69) is 32.6 Å². The van der Waals surface area contributed by atoms with Crippen molar-refractivity contribution in [2.24, 2.45) is 0 Å². The maximum absolute atomic E-state index is 12.4. The molecule has 1 heterocycles. The standard InChI is InChI=1S/C12H10F2IN3/c1-6-9(15)11(16)18-12(17-6)8-4-2-7(3-5-8)10(13)14/h2-5,10H,1H3,(H2,16,17,18). The van der Waals surface area contributed by atoms with Crippen molar-refractivity contribution in [2.45, 2.75) is 13.3 Å². The van der Waals surface area contributed by atoms with Gasteiger partial charge in [0.25, 0.3) is 6.43 Å². The molecular formula is C12H10F2IN3. The third-order valence-corrected chi connectivity index (χ3v) is 3.80. The van der Waals surface area contributed by atoms with Crippen LogP contribution in [0.5, 0.6) is 0 Å². The molecule has 18 heavy (non-hydrogen) atoms. The molecule has 0 fully saturated rings. The molecular weight excluding hydrogens is 351 g/mol. The van der Waals surface area contributed by atoms with Crippen LogP contribution in [0, 0.1) is 10.5 Å². The SMILES string of the molecule is Cc1nc(-c2ccc(C(F)F)cc2)nc(N)c1I. The quantitative estimate of drug-likeness (QED) is 0.832. The number of hydrogen-bond donors (Lipinski definition) is 1. The maximum atomic E-state index is 12.4. The molecule has 0 aliphatic heterocycles. The lowest BCUT2D eigenvalue weighted by Crippen LogP contribution is -2.02. The summed E-state index contributed by atoms with van der Waals surface area (Å²) in [6.45, 7) is 1.83. The van der Waals surface area contributed by atoms with Crippen LogP contribution in [0.4, 0.5) is 14.6 Å². The van der Waals surface area contributed by atoms with Crippen LogP contribution in [-0.4, -0.2) is 9.97 Å². The van der Waals surface area contributed by atoms with Crippen LogP contribution in [0.1, 0.15) is 17.7 Å². The number of alkyl halides is 2. The topological polar surface area (TPSA) is 51.8 Å². The van der Waals surface area contributed by atoms with Crippen LogP contribution in [0.2, 0.25) is 0 Å². The number of anilines is 1. The van der Waals surface area contributed by atoms with Gasteiger partial charge in [0, 0.05) is 11.1 Å². The molecule has 2 aromatic rings. The zero-order valence-corrected chi connectivity index (χ0v) is 11.6. The summed E-state index contributed by atoms with van der Waals surface area (Å²) in [5.41, 5.74) is 7.18. The van der Waals surface area contributed by atoms with Crippen molar-refractivity contribution in [1.82, 2.24) is 9.97 Å². The molecule has 0 bridgehead atoms. The van der Waals surface area contributed by atoms with Crippen molar-refractivity contribution < 1.29 is 8.78 Å². The van der Waals surface area contributed by atoms with E-state index in [1.54, 1.807) is 12.1 Å². The summed E-state index contributed by atoms with van der Waals surface area (Å²) in [7, 11) is 0. The molecule has 0 saturated carbocycles. The Kier molecular flexibility index (Phi) is 3.74. The van der Waals surface area contributed by atoms with Gasteiger partial charge >= 0.3 is 0 Å². The van der Waals surface area contributed by atoms with E-state index in [-0.39, 0.29) is 5.56 Å². The second-order valence-electron chi connectivity index (χ2n) is 3.75. The Hall–Kier alpha value is -1.31. The number of nitrogens with two attached hydrogens (primary N) is 1. The van der Waals surface area contributed by atoms with Gasteiger partial charge in [-0.05, 0) is 29.5 Å². The molecule has 0 aliphatic carbocycles. The van der Waals surface area contributed by atoms with E-state index in [0.29, 0.717) is 17.2 Å². The molecule has 0 amide bonds. The maximum Gasteiger partial charge on any atom is 0.263 e. The van der Waals surface area contributed by atoms with Crippen LogP contribution >= 0.6 is 22.6 Å². The van der Waals surface area contributed by atoms with Crippen LogP contribution in [-0.2, 0) is 0 Å². The Balaban J connectivity index is 2.43. The van der Waals surface area contributed by atoms with E-state index in [4.69, 9.17) is 5.73 Å². The van der Waals surface area contributed by atoms with Gasteiger partial charge in [0.2, 0.25) is 0 Å². The first-order valence-electron chi connectivity index (χ1n) is 5.17. The third kappa shape index (κ3) is 2.58. The normalized spacial score (nSPS) is 10.9. The monoisotopic (exact) mass is 361 g/mol. The van der Waals surface area contributed by atoms with E-state index >= 15 is 0 Å². The minimum absolute atomic E-state index is 0.0195. The smallest absolute Gasteiger partial charge is 0.263 e. The molecule has 3 nitrogen and oxygen atoms in total. The zero-order chi connectivity index (χ0) is 13.3. The first-order chi connectivity index (χ1) is 8.49. The number of nitrogens with zero attached hydrogens (tertiary/aromatic N) is 2. The Labute approximate surface area is 117 Å². The van der Waals surface area contributed by atoms with Gasteiger partial charge in [-0.3, -0.25) is 0 Å². The predicted octanol–water partition coefficient (Wildman–Crippen LogP) is 3.58. The molecule has 1 aromatic heterocycles. The highest BCUT2D eigenvalue weighted by Gasteiger charge is 2.10. The van der Waals surface area contributed by atoms with Crippen LogP contribution in [0.15, 0.2) is 24.3 Å². The summed E-state index contributed by atoms with van der Waals surface area (Å²) in [5, 5.41) is 0. The molecule has 6 heteroatoms. The average Bonchev–Trinajstić information content (AvgIpc) is 2.35. The van der Waals surface area contributed by atoms with Gasteiger partial charge in [0.05, 0.1) is 9.26 Å². The van der Waals surface area contributed by atoms with Crippen molar-refractivity contribution in [2.75, 3.05) is 5.73 Å². The molecule has 1 aromatic carbocycles. The summed E-state index contributed by atoms with van der Waals surface area (Å²) in [6.07, 6.45) is -2.47. The Bertz CT molecular complexity index is 547. The summed E-state index contributed by atoms with van der Waals surface area (Å²) in [6, 6.07) is 5.88. The minimum atomic E-state index is -2.47. The minimum Gasteiger partial charge on any atom is -0.383 e. The third-order valence-electron chi connectivity index (χ3n) is 2.46. The van der Waals surface area contributed by atoms with Gasteiger partial charge in [-0.2, -0.15) is 0 Å². The lowest BCUT2D eigenvalue weighted by atomic mass is 10.1. The van der Waals surface area contributed by atoms with Crippen molar-refractivity contribution in [1.29, 1.82) is 0 Å². The van der Waals surface area contributed by atoms with Gasteiger partial charge in [-0.1, -0.05) is 24.3 Å². The van der Waals surface area contributed by atoms with Crippen LogP contribution < -0.4 is 5.73 Å². The lowest BCUT2D eigenvalue weighted by Gasteiger charge is -2.06. The second-order valence-corrected chi connectivity index (χ2v) is 4.83. The van der Waals surface area contributed by atoms with Crippen molar-refractivity contribution in [3.05, 3.63) is 39.1 Å². The van der Waals surface area contributed by atoms with E-state index in [1.807, 2.05) is 6.92 Å². The van der Waals surface area contributed by atoms with Crippen molar-refractivity contribution in [3.63, 3.8) is 0 Å². The van der Waals surface area contributed by atoms with Gasteiger partial charge in [0.1, 0.15) is 5.82 Å². The first-order valence-corrected chi connectivity index (χ1v) is 6.25. The van der Waals surface area contributed by atoms with E-state index < -0.39 is 6.43 Å². The molecule has 0 atom stereocenters. The molecule has 0 aliphatic rings. The largest absolute Gasteiger partial charge is 0.383 e. The molecule has 94 valence electrons. The second kappa shape index (κ2) is 5.13. The average molecular weight is 361 g/mol. The molecule has 0 radical (unpaired) electrons. The van der Waals surface area contributed by atoms with E-state index in [1.165, 1.54) is 12.1 Å². The first kappa shape index (κ1) is 13.1. The number of aromatic nitrogens is 2. The molecule has 2 N–H and O–H groups in total. The summed E-state index contributed by atoms with van der Waals surface area (Å²) in [5.74, 6) is 0.849. The highest BCUT2D eigenvalue weighted by Crippen LogP contribution is 2.24. The highest BCUT2D eigenvalue weighted by molar-refractivity contribution is 14.1. The van der Waals surface area contributed by atoms with Crippen molar-refractivity contribution >= 4 is 28.4 Å². The number of hydrogen-bond acceptors (Lipinski definition) is 3. The summed E-state index contributed by atoms with van der Waals surface area (Å²) < 4.78 is 25.7. The van der Waals surface area contributed by atoms with E-state index in [0.717, 1.165) is 9.26 Å². The summed E-state index contributed by atoms with van der Waals surface area (Å²) in [4.78, 5) is 8.44. The lowest BCUT2D eigenvalue weighted by molar-refractivity contribution is 0.151. The number of aryl methyl sites for hydroxylation is 1. The number of nitrogen functional groups attached to an aromatic ring is 1. The number of halogens is 3. The Morgan fingerprint density at radius 2 is 1.78 bits per heavy atom. The molecule has 0 saturated heterocycles. The van der Waals surface area contributed by atoms with Gasteiger partial charge in [-0.15, -0.1) is 0 Å². The van der Waals surface area contributed by atoms with Gasteiger partial charge in [-0.25, -0.2) is 18.7 Å². The Morgan fingerprint density at radius 3 is 2.28 bits per heavy atom. The van der Waals surface area contributed by atoms with E-state index in [9.17, 15) is 8.78 Å². The fourth-order valence-electron chi connectivity index (χ4n) is 1.49. The number of rotatable bonds is 2. The fraction of sp³-hybridized carbons (Fsp3) is 0.167. The highest BCUT2D eigenvalue weighted by atomic mass is 127. The van der Waals surface area contributed by atoms with Gasteiger partial charge < -0.3 is 5.73 Å². The van der Waals surface area contributed by atoms with Crippen LogP contribution in [0.3, 0.4) is 0 Å². The number of benzene rings is 1. The van der Waals surface area contributed by atoms with Gasteiger partial charge in [0.15, 0.2) is 5.82 Å². The summed E-state index contributed by atoms with van der Waals surface area (Å²) >= 11 is 2.07. The predicted molar refractivity (Wildman–Crippen MR) is 74.3 cm³/mol.